The molecule has 1 aromatic rings. The van der Waals surface area contributed by atoms with Gasteiger partial charge in [-0.3, -0.25) is 4.79 Å². The van der Waals surface area contributed by atoms with Gasteiger partial charge in [0.2, 0.25) is 0 Å². The number of aromatic nitrogens is 2. The summed E-state index contributed by atoms with van der Waals surface area (Å²) in [6.45, 7) is 7.65. The van der Waals surface area contributed by atoms with Crippen molar-refractivity contribution >= 4 is 17.4 Å². The van der Waals surface area contributed by atoms with Crippen LogP contribution in [0.2, 0.25) is 0 Å². The van der Waals surface area contributed by atoms with Crippen LogP contribution in [0.5, 0.6) is 0 Å². The molecule has 1 atom stereocenters. The minimum absolute atomic E-state index is 0.0121. The van der Waals surface area contributed by atoms with Gasteiger partial charge in [-0.15, -0.1) is 5.10 Å². The Kier molecular flexibility index (Phi) is 4.20. The summed E-state index contributed by atoms with van der Waals surface area (Å²) in [5.74, 6) is 0.217. The quantitative estimate of drug-likeness (QED) is 0.897. The second-order valence-electron chi connectivity index (χ2n) is 6.14. The fourth-order valence-electron chi connectivity index (χ4n) is 2.36. The predicted molar refractivity (Wildman–Crippen MR) is 74.3 cm³/mol. The van der Waals surface area contributed by atoms with Crippen molar-refractivity contribution in [3.05, 3.63) is 10.6 Å². The van der Waals surface area contributed by atoms with Gasteiger partial charge in [-0.2, -0.15) is 0 Å². The fraction of sp³-hybridized carbons (Fsp3) is 0.769. The first kappa shape index (κ1) is 14.4. The molecule has 0 radical (unpaired) electrons. The van der Waals surface area contributed by atoms with E-state index in [0.29, 0.717) is 11.4 Å². The molecule has 19 heavy (non-hydrogen) atoms. The van der Waals surface area contributed by atoms with Crippen molar-refractivity contribution in [2.75, 3.05) is 19.7 Å². The summed E-state index contributed by atoms with van der Waals surface area (Å²) in [6.07, 6.45) is 1.95. The van der Waals surface area contributed by atoms with Crippen molar-refractivity contribution < 1.29 is 9.90 Å². The van der Waals surface area contributed by atoms with Gasteiger partial charge in [0.15, 0.2) is 0 Å². The zero-order chi connectivity index (χ0) is 14.0. The molecule has 106 valence electrons. The van der Waals surface area contributed by atoms with Crippen LogP contribution in [0.15, 0.2) is 0 Å². The number of rotatable bonds is 2. The summed E-state index contributed by atoms with van der Waals surface area (Å²) in [6, 6.07) is 0. The standard InChI is InChI=1S/C13H21N3O2S/c1-13(2,3)11-10(19-15-14-11)12(18)16-6-4-5-9(7-16)8-17/h9,17H,4-8H2,1-3H3. The summed E-state index contributed by atoms with van der Waals surface area (Å²) < 4.78 is 3.94. The molecular formula is C13H21N3O2S. The molecule has 1 N–H and O–H groups in total. The van der Waals surface area contributed by atoms with E-state index in [1.165, 1.54) is 11.5 Å². The van der Waals surface area contributed by atoms with Crippen molar-refractivity contribution in [1.29, 1.82) is 0 Å². The number of piperidine rings is 1. The van der Waals surface area contributed by atoms with Crippen molar-refractivity contribution in [3.63, 3.8) is 0 Å². The van der Waals surface area contributed by atoms with Gasteiger partial charge in [-0.05, 0) is 30.3 Å². The molecule has 1 unspecified atom stereocenters. The predicted octanol–water partition coefficient (Wildman–Crippen LogP) is 1.68. The highest BCUT2D eigenvalue weighted by molar-refractivity contribution is 7.08. The lowest BCUT2D eigenvalue weighted by Crippen LogP contribution is -2.41. The Bertz CT molecular complexity index is 453. The van der Waals surface area contributed by atoms with E-state index >= 15 is 0 Å². The maximum absolute atomic E-state index is 12.6. The van der Waals surface area contributed by atoms with E-state index < -0.39 is 0 Å². The Balaban J connectivity index is 2.18. The van der Waals surface area contributed by atoms with Crippen LogP contribution in [0, 0.1) is 5.92 Å². The van der Waals surface area contributed by atoms with Gasteiger partial charge in [-0.1, -0.05) is 25.3 Å². The normalized spacial score (nSPS) is 20.6. The lowest BCUT2D eigenvalue weighted by Gasteiger charge is -2.32. The number of likely N-dealkylation sites (tertiary alicyclic amines) is 1. The minimum Gasteiger partial charge on any atom is -0.396 e. The number of nitrogens with zero attached hydrogens (tertiary/aromatic N) is 3. The Morgan fingerprint density at radius 3 is 2.89 bits per heavy atom. The maximum Gasteiger partial charge on any atom is 0.267 e. The second kappa shape index (κ2) is 5.54. The van der Waals surface area contributed by atoms with Gasteiger partial charge in [0.05, 0.1) is 5.69 Å². The van der Waals surface area contributed by atoms with E-state index in [4.69, 9.17) is 0 Å². The van der Waals surface area contributed by atoms with Crippen LogP contribution in [-0.2, 0) is 5.41 Å². The average molecular weight is 283 g/mol. The zero-order valence-corrected chi connectivity index (χ0v) is 12.5. The van der Waals surface area contributed by atoms with Crippen LogP contribution in [0.25, 0.3) is 0 Å². The number of carbonyl (C=O) groups is 1. The highest BCUT2D eigenvalue weighted by atomic mass is 32.1. The van der Waals surface area contributed by atoms with E-state index in [9.17, 15) is 9.90 Å². The largest absolute Gasteiger partial charge is 0.396 e. The van der Waals surface area contributed by atoms with Crippen LogP contribution in [0.4, 0.5) is 0 Å². The molecule has 2 heterocycles. The molecule has 0 spiro atoms. The van der Waals surface area contributed by atoms with Crippen LogP contribution in [0.1, 0.15) is 49.0 Å². The molecule has 0 aliphatic carbocycles. The summed E-state index contributed by atoms with van der Waals surface area (Å²) in [5, 5.41) is 13.4. The van der Waals surface area contributed by atoms with Crippen LogP contribution >= 0.6 is 11.5 Å². The van der Waals surface area contributed by atoms with Gasteiger partial charge in [0.1, 0.15) is 4.88 Å². The van der Waals surface area contributed by atoms with E-state index in [2.05, 4.69) is 9.59 Å². The molecule has 6 heteroatoms. The third kappa shape index (κ3) is 3.12. The molecule has 0 saturated carbocycles. The van der Waals surface area contributed by atoms with Crippen molar-refractivity contribution in [2.45, 2.75) is 39.0 Å². The minimum atomic E-state index is -0.176. The smallest absolute Gasteiger partial charge is 0.267 e. The summed E-state index contributed by atoms with van der Waals surface area (Å²) in [5.41, 5.74) is 0.595. The molecule has 0 bridgehead atoms. The lowest BCUT2D eigenvalue weighted by molar-refractivity contribution is 0.0623. The molecule has 5 nitrogen and oxygen atoms in total. The third-order valence-electron chi connectivity index (χ3n) is 3.46. The molecule has 0 aromatic carbocycles. The van der Waals surface area contributed by atoms with Crippen molar-refractivity contribution in [2.24, 2.45) is 5.92 Å². The second-order valence-corrected chi connectivity index (χ2v) is 6.90. The molecule has 2 rings (SSSR count). The van der Waals surface area contributed by atoms with Gasteiger partial charge >= 0.3 is 0 Å². The molecule has 1 aliphatic heterocycles. The average Bonchev–Trinajstić information content (AvgIpc) is 2.87. The Morgan fingerprint density at radius 2 is 2.26 bits per heavy atom. The first-order chi connectivity index (χ1) is 8.93. The maximum atomic E-state index is 12.6. The molecular weight excluding hydrogens is 262 g/mol. The first-order valence-corrected chi connectivity index (χ1v) is 7.43. The van der Waals surface area contributed by atoms with Crippen molar-refractivity contribution in [3.8, 4) is 0 Å². The first-order valence-electron chi connectivity index (χ1n) is 6.66. The Labute approximate surface area is 117 Å². The number of amides is 1. The van der Waals surface area contributed by atoms with Crippen LogP contribution < -0.4 is 0 Å². The van der Waals surface area contributed by atoms with Gasteiger partial charge in [-0.25, -0.2) is 0 Å². The molecule has 1 aliphatic rings. The lowest BCUT2D eigenvalue weighted by atomic mass is 9.91. The SMILES string of the molecule is CC(C)(C)c1nnsc1C(=O)N1CCCC(CO)C1. The highest BCUT2D eigenvalue weighted by Crippen LogP contribution is 2.28. The topological polar surface area (TPSA) is 66.3 Å². The highest BCUT2D eigenvalue weighted by Gasteiger charge is 2.31. The zero-order valence-electron chi connectivity index (χ0n) is 11.7. The molecule has 1 fully saturated rings. The van der Waals surface area contributed by atoms with Crippen molar-refractivity contribution in [1.82, 2.24) is 14.5 Å². The van der Waals surface area contributed by atoms with Gasteiger partial charge in [0, 0.05) is 25.1 Å². The van der Waals surface area contributed by atoms with E-state index in [1.807, 2.05) is 25.7 Å². The third-order valence-corrected chi connectivity index (χ3v) is 4.17. The number of aliphatic hydroxyl groups excluding tert-OH is 1. The van der Waals surface area contributed by atoms with E-state index in [-0.39, 0.29) is 23.8 Å². The summed E-state index contributed by atoms with van der Waals surface area (Å²) in [4.78, 5) is 15.0. The number of hydrogen-bond acceptors (Lipinski definition) is 5. The fourth-order valence-corrected chi connectivity index (χ4v) is 3.21. The Hall–Kier alpha value is -1.01. The number of aliphatic hydroxyl groups is 1. The van der Waals surface area contributed by atoms with Crippen LogP contribution in [-0.4, -0.2) is 45.2 Å². The molecule has 1 amide bonds. The van der Waals surface area contributed by atoms with Gasteiger partial charge < -0.3 is 10.0 Å². The number of carbonyl (C=O) groups excluding carboxylic acids is 1. The molecule has 1 aromatic heterocycles. The number of hydrogen-bond donors (Lipinski definition) is 1. The Morgan fingerprint density at radius 1 is 1.53 bits per heavy atom. The summed E-state index contributed by atoms with van der Waals surface area (Å²) in [7, 11) is 0. The van der Waals surface area contributed by atoms with E-state index in [0.717, 1.165) is 25.1 Å². The monoisotopic (exact) mass is 283 g/mol. The summed E-state index contributed by atoms with van der Waals surface area (Å²) >= 11 is 1.17. The molecule has 1 saturated heterocycles. The van der Waals surface area contributed by atoms with Gasteiger partial charge in [0.25, 0.3) is 5.91 Å². The van der Waals surface area contributed by atoms with Crippen LogP contribution in [0.3, 0.4) is 0 Å². The van der Waals surface area contributed by atoms with E-state index in [1.54, 1.807) is 0 Å².